The number of amides is 2. The predicted molar refractivity (Wildman–Crippen MR) is 92.6 cm³/mol. The number of carbonyl (C=O) groups excluding carboxylic acids is 2. The van der Waals surface area contributed by atoms with Crippen LogP contribution in [0.2, 0.25) is 0 Å². The fourth-order valence-electron chi connectivity index (χ4n) is 2.42. The van der Waals surface area contributed by atoms with Gasteiger partial charge in [0.25, 0.3) is 5.91 Å². The van der Waals surface area contributed by atoms with Gasteiger partial charge in [0.1, 0.15) is 0 Å². The molecule has 0 saturated carbocycles. The van der Waals surface area contributed by atoms with Gasteiger partial charge < -0.3 is 10.6 Å². The topological polar surface area (TPSA) is 58.2 Å². The van der Waals surface area contributed by atoms with E-state index in [4.69, 9.17) is 0 Å². The summed E-state index contributed by atoms with van der Waals surface area (Å²) in [5.41, 5.74) is 2.15. The summed E-state index contributed by atoms with van der Waals surface area (Å²) < 4.78 is 0. The molecule has 0 saturated heterocycles. The molecule has 23 heavy (non-hydrogen) atoms. The second kappa shape index (κ2) is 8.13. The second-order valence-corrected chi connectivity index (χ2v) is 5.47. The summed E-state index contributed by atoms with van der Waals surface area (Å²) in [5.74, 6) is -0.162. The van der Waals surface area contributed by atoms with Crippen molar-refractivity contribution < 1.29 is 9.59 Å². The summed E-state index contributed by atoms with van der Waals surface area (Å²) in [5, 5.41) is 5.60. The number of benzene rings is 2. The van der Waals surface area contributed by atoms with Gasteiger partial charge in [0.15, 0.2) is 0 Å². The highest BCUT2D eigenvalue weighted by molar-refractivity contribution is 6.03. The van der Waals surface area contributed by atoms with Gasteiger partial charge in [0.05, 0.1) is 11.3 Å². The third kappa shape index (κ3) is 4.68. The van der Waals surface area contributed by atoms with Gasteiger partial charge in [-0.2, -0.15) is 0 Å². The molecule has 0 aliphatic rings. The van der Waals surface area contributed by atoms with E-state index in [0.29, 0.717) is 24.2 Å². The van der Waals surface area contributed by atoms with Crippen molar-refractivity contribution in [1.29, 1.82) is 0 Å². The maximum atomic E-state index is 12.3. The van der Waals surface area contributed by atoms with Crippen LogP contribution in [0.3, 0.4) is 0 Å². The van der Waals surface area contributed by atoms with Gasteiger partial charge in [-0.25, -0.2) is 0 Å². The number of anilines is 1. The molecule has 120 valence electrons. The van der Waals surface area contributed by atoms with Gasteiger partial charge in [-0.1, -0.05) is 49.4 Å². The smallest absolute Gasteiger partial charge is 0.253 e. The lowest BCUT2D eigenvalue weighted by Crippen LogP contribution is -2.25. The van der Waals surface area contributed by atoms with Crippen LogP contribution in [0.15, 0.2) is 54.6 Å². The van der Waals surface area contributed by atoms with Crippen molar-refractivity contribution in [1.82, 2.24) is 5.32 Å². The van der Waals surface area contributed by atoms with E-state index in [2.05, 4.69) is 10.6 Å². The van der Waals surface area contributed by atoms with Crippen molar-refractivity contribution in [2.24, 2.45) is 0 Å². The number of rotatable bonds is 6. The lowest BCUT2D eigenvalue weighted by molar-refractivity contribution is -0.116. The third-order valence-electron chi connectivity index (χ3n) is 3.64. The Labute approximate surface area is 136 Å². The monoisotopic (exact) mass is 310 g/mol. The normalized spacial score (nSPS) is 11.6. The van der Waals surface area contributed by atoms with Crippen LogP contribution in [0.4, 0.5) is 5.69 Å². The molecule has 1 atom stereocenters. The minimum Gasteiger partial charge on any atom is -0.352 e. The Morgan fingerprint density at radius 2 is 1.65 bits per heavy atom. The second-order valence-electron chi connectivity index (χ2n) is 5.47. The summed E-state index contributed by atoms with van der Waals surface area (Å²) in [4.78, 5) is 24.3. The summed E-state index contributed by atoms with van der Waals surface area (Å²) in [6.07, 6.45) is 0.369. The van der Waals surface area contributed by atoms with Crippen molar-refractivity contribution in [3.05, 3.63) is 65.7 Å². The number of hydrogen-bond donors (Lipinski definition) is 2. The number of para-hydroxylation sites is 1. The summed E-state index contributed by atoms with van der Waals surface area (Å²) in [6.45, 7) is 4.43. The van der Waals surface area contributed by atoms with Gasteiger partial charge in [-0.05, 0) is 30.5 Å². The van der Waals surface area contributed by atoms with Crippen molar-refractivity contribution in [3.63, 3.8) is 0 Å². The lowest BCUT2D eigenvalue weighted by atomic mass is 9.97. The zero-order chi connectivity index (χ0) is 16.7. The Morgan fingerprint density at radius 3 is 2.35 bits per heavy atom. The van der Waals surface area contributed by atoms with Crippen LogP contribution in [0, 0.1) is 0 Å². The Hall–Kier alpha value is -2.62. The number of hydrogen-bond acceptors (Lipinski definition) is 2. The van der Waals surface area contributed by atoms with Crippen LogP contribution in [0.5, 0.6) is 0 Å². The molecule has 0 heterocycles. The molecule has 4 nitrogen and oxygen atoms in total. The van der Waals surface area contributed by atoms with E-state index in [1.807, 2.05) is 44.2 Å². The maximum absolute atomic E-state index is 12.3. The largest absolute Gasteiger partial charge is 0.352 e. The molecule has 2 aromatic rings. The predicted octanol–water partition coefficient (Wildman–Crippen LogP) is 3.57. The van der Waals surface area contributed by atoms with Crippen molar-refractivity contribution >= 4 is 17.5 Å². The molecular weight excluding hydrogens is 288 g/mol. The Bertz CT molecular complexity index is 668. The van der Waals surface area contributed by atoms with Crippen molar-refractivity contribution in [3.8, 4) is 0 Å². The highest BCUT2D eigenvalue weighted by atomic mass is 16.2. The standard InChI is InChI=1S/C19H22N2O2/c1-3-20-19(23)16-11-7-8-12-17(16)21-18(22)13-14(2)15-9-5-4-6-10-15/h4-12,14H,3,13H2,1-2H3,(H,20,23)(H,21,22). The van der Waals surface area contributed by atoms with E-state index in [1.54, 1.807) is 24.3 Å². The molecule has 2 amide bonds. The molecule has 0 aromatic heterocycles. The minimum atomic E-state index is -0.181. The molecule has 0 aliphatic carbocycles. The quantitative estimate of drug-likeness (QED) is 0.857. The SMILES string of the molecule is CCNC(=O)c1ccccc1NC(=O)CC(C)c1ccccc1. The highest BCUT2D eigenvalue weighted by Gasteiger charge is 2.15. The van der Waals surface area contributed by atoms with E-state index < -0.39 is 0 Å². The molecule has 1 unspecified atom stereocenters. The zero-order valence-electron chi connectivity index (χ0n) is 13.5. The fraction of sp³-hybridized carbons (Fsp3) is 0.263. The summed E-state index contributed by atoms with van der Waals surface area (Å²) in [7, 11) is 0. The number of carbonyl (C=O) groups is 2. The van der Waals surface area contributed by atoms with E-state index in [-0.39, 0.29) is 17.7 Å². The van der Waals surface area contributed by atoms with E-state index >= 15 is 0 Å². The molecule has 0 radical (unpaired) electrons. The van der Waals surface area contributed by atoms with Crippen LogP contribution in [-0.4, -0.2) is 18.4 Å². The Kier molecular flexibility index (Phi) is 5.92. The van der Waals surface area contributed by atoms with Crippen LogP contribution in [-0.2, 0) is 4.79 Å². The summed E-state index contributed by atoms with van der Waals surface area (Å²) >= 11 is 0. The molecule has 2 aromatic carbocycles. The lowest BCUT2D eigenvalue weighted by Gasteiger charge is -2.14. The molecule has 2 rings (SSSR count). The first-order valence-corrected chi connectivity index (χ1v) is 7.83. The Balaban J connectivity index is 2.04. The van der Waals surface area contributed by atoms with E-state index in [1.165, 1.54) is 0 Å². The van der Waals surface area contributed by atoms with Crippen LogP contribution in [0.25, 0.3) is 0 Å². The molecular formula is C19H22N2O2. The first-order valence-electron chi connectivity index (χ1n) is 7.83. The van der Waals surface area contributed by atoms with Gasteiger partial charge in [-0.3, -0.25) is 9.59 Å². The van der Waals surface area contributed by atoms with Crippen molar-refractivity contribution in [2.75, 3.05) is 11.9 Å². The van der Waals surface area contributed by atoms with Gasteiger partial charge >= 0.3 is 0 Å². The van der Waals surface area contributed by atoms with Gasteiger partial charge in [-0.15, -0.1) is 0 Å². The van der Waals surface area contributed by atoms with Crippen LogP contribution >= 0.6 is 0 Å². The molecule has 4 heteroatoms. The molecule has 0 bridgehead atoms. The Morgan fingerprint density at radius 1 is 1.00 bits per heavy atom. The highest BCUT2D eigenvalue weighted by Crippen LogP contribution is 2.21. The first kappa shape index (κ1) is 16.7. The van der Waals surface area contributed by atoms with Crippen molar-refractivity contribution in [2.45, 2.75) is 26.2 Å². The van der Waals surface area contributed by atoms with E-state index in [0.717, 1.165) is 5.56 Å². The number of nitrogens with one attached hydrogen (secondary N) is 2. The molecule has 2 N–H and O–H groups in total. The summed E-state index contributed by atoms with van der Waals surface area (Å²) in [6, 6.07) is 17.0. The van der Waals surface area contributed by atoms with E-state index in [9.17, 15) is 9.59 Å². The van der Waals surface area contributed by atoms with Gasteiger partial charge in [0, 0.05) is 13.0 Å². The van der Waals surface area contributed by atoms with Gasteiger partial charge in [0.2, 0.25) is 5.91 Å². The first-order chi connectivity index (χ1) is 11.1. The van der Waals surface area contributed by atoms with Crippen LogP contribution < -0.4 is 10.6 Å². The zero-order valence-corrected chi connectivity index (χ0v) is 13.5. The van der Waals surface area contributed by atoms with Crippen LogP contribution in [0.1, 0.15) is 42.1 Å². The molecule has 0 aliphatic heterocycles. The average Bonchev–Trinajstić information content (AvgIpc) is 2.56. The third-order valence-corrected chi connectivity index (χ3v) is 3.64. The maximum Gasteiger partial charge on any atom is 0.253 e. The minimum absolute atomic E-state index is 0.0990. The average molecular weight is 310 g/mol. The molecule has 0 spiro atoms. The molecule has 0 fully saturated rings. The fourth-order valence-corrected chi connectivity index (χ4v) is 2.42.